The quantitative estimate of drug-likeness (QED) is 0.243. The van der Waals surface area contributed by atoms with Crippen LogP contribution < -0.4 is 14.6 Å². The maximum Gasteiger partial charge on any atom is 0.471 e. The number of nitrogens with one attached hydrogen (secondary N) is 2. The van der Waals surface area contributed by atoms with Gasteiger partial charge in [-0.25, -0.2) is 4.98 Å². The van der Waals surface area contributed by atoms with Gasteiger partial charge in [0.2, 0.25) is 12.3 Å². The van der Waals surface area contributed by atoms with Crippen molar-refractivity contribution in [3.05, 3.63) is 47.2 Å². The van der Waals surface area contributed by atoms with Gasteiger partial charge >= 0.3 is 12.1 Å². The Hall–Kier alpha value is -2.70. The molecule has 3 rings (SSSR count). The van der Waals surface area contributed by atoms with Crippen molar-refractivity contribution in [2.75, 3.05) is 5.32 Å². The molecule has 0 saturated heterocycles. The number of pyridine rings is 1. The van der Waals surface area contributed by atoms with Crippen LogP contribution in [0, 0.1) is 12.8 Å². The van der Waals surface area contributed by atoms with Gasteiger partial charge < -0.3 is 14.6 Å². The second-order valence-corrected chi connectivity index (χ2v) is 8.57. The Morgan fingerprint density at radius 3 is 2.35 bits per heavy atom. The van der Waals surface area contributed by atoms with Gasteiger partial charge in [0.15, 0.2) is 0 Å². The summed E-state index contributed by atoms with van der Waals surface area (Å²) in [5.74, 6) is -2.17. The van der Waals surface area contributed by atoms with Gasteiger partial charge in [-0.1, -0.05) is 31.7 Å². The molecule has 7 nitrogen and oxygen atoms in total. The van der Waals surface area contributed by atoms with Crippen LogP contribution in [0.4, 0.5) is 19.0 Å². The van der Waals surface area contributed by atoms with Gasteiger partial charge in [0, 0.05) is 17.3 Å². The van der Waals surface area contributed by atoms with Crippen LogP contribution in [-0.4, -0.2) is 29.4 Å². The maximum absolute atomic E-state index is 12.4. The summed E-state index contributed by atoms with van der Waals surface area (Å²) < 4.78 is 39.5. The number of rotatable bonds is 7. The van der Waals surface area contributed by atoms with Crippen molar-refractivity contribution in [3.63, 3.8) is 0 Å². The molecule has 1 saturated carbocycles. The van der Waals surface area contributed by atoms with E-state index in [1.165, 1.54) is 37.9 Å². The lowest BCUT2D eigenvalue weighted by Gasteiger charge is -2.18. The Bertz CT molecular complexity index is 1010. The Morgan fingerprint density at radius 1 is 1.21 bits per heavy atom. The molecule has 184 valence electrons. The van der Waals surface area contributed by atoms with Crippen molar-refractivity contribution in [1.82, 2.24) is 8.51 Å². The van der Waals surface area contributed by atoms with Crippen molar-refractivity contribution < 1.29 is 27.6 Å². The van der Waals surface area contributed by atoms with Crippen molar-refractivity contribution in [2.24, 2.45) is 11.7 Å². The van der Waals surface area contributed by atoms with Crippen LogP contribution in [0.15, 0.2) is 30.5 Å². The molecule has 0 atom stereocenters. The average molecular weight is 590 g/mol. The Morgan fingerprint density at radius 2 is 1.85 bits per heavy atom. The molecule has 3 amide bonds. The summed E-state index contributed by atoms with van der Waals surface area (Å²) >= 11 is 1.73. The summed E-state index contributed by atoms with van der Waals surface area (Å²) in [6.07, 6.45) is 3.48. The normalized spacial score (nSPS) is 13.6. The second kappa shape index (κ2) is 12.7. The fourth-order valence-corrected chi connectivity index (χ4v) is 4.11. The highest BCUT2D eigenvalue weighted by atomic mass is 127. The van der Waals surface area contributed by atoms with E-state index in [2.05, 4.69) is 8.51 Å². The van der Waals surface area contributed by atoms with E-state index in [1.54, 1.807) is 46.4 Å². The standard InChI is InChI=1S/C22H24F3N3O2.CH2INO/c1-13-6-9-17(20(26)29)16(10-7-14-4-2-3-5-14)19(13)15-8-11-18(27-12-15)28-21(30)22(23,24)25;2-3-1-4/h6,8-9,11-12,14H,2-5,7,10H2,1H3,(H2,26,29)(H,27,28,30);1H,(H,3,4). The number of halogens is 4. The highest BCUT2D eigenvalue weighted by Crippen LogP contribution is 2.34. The molecule has 0 aliphatic heterocycles. The number of anilines is 1. The Balaban J connectivity index is 0.000000945. The first-order chi connectivity index (χ1) is 16.1. The van der Waals surface area contributed by atoms with Gasteiger partial charge in [0.1, 0.15) is 5.82 Å². The Kier molecular flexibility index (Phi) is 10.3. The van der Waals surface area contributed by atoms with Crippen LogP contribution in [0.25, 0.3) is 11.1 Å². The predicted octanol–water partition coefficient (Wildman–Crippen LogP) is 4.86. The number of hydrogen-bond acceptors (Lipinski definition) is 4. The van der Waals surface area contributed by atoms with E-state index in [4.69, 9.17) is 10.5 Å². The van der Waals surface area contributed by atoms with Crippen molar-refractivity contribution in [3.8, 4) is 11.1 Å². The van der Waals surface area contributed by atoms with Crippen LogP contribution in [0.3, 0.4) is 0 Å². The SMILES string of the molecule is Cc1ccc(C(N)=O)c(CCC2CCCC2)c1-c1ccc(NC(=O)C(F)(F)F)nc1.O=CNI. The maximum atomic E-state index is 12.4. The molecule has 2 aromatic rings. The first-order valence-electron chi connectivity index (χ1n) is 10.6. The van der Waals surface area contributed by atoms with E-state index in [1.807, 2.05) is 6.92 Å². The van der Waals surface area contributed by atoms with Gasteiger partial charge in [-0.3, -0.25) is 14.4 Å². The molecule has 4 N–H and O–H groups in total. The number of carbonyl (C=O) groups excluding carboxylic acids is 3. The molecule has 34 heavy (non-hydrogen) atoms. The smallest absolute Gasteiger partial charge is 0.366 e. The number of benzene rings is 1. The molecule has 1 heterocycles. The molecule has 1 aromatic carbocycles. The van der Waals surface area contributed by atoms with Gasteiger partial charge in [0.25, 0.3) is 0 Å². The lowest BCUT2D eigenvalue weighted by atomic mass is 9.87. The number of carbonyl (C=O) groups is 3. The van der Waals surface area contributed by atoms with Gasteiger partial charge in [-0.15, -0.1) is 0 Å². The zero-order valence-corrected chi connectivity index (χ0v) is 20.7. The molecular formula is C23H26F3IN4O3. The van der Waals surface area contributed by atoms with Crippen molar-refractivity contribution in [2.45, 2.75) is 51.6 Å². The molecule has 11 heteroatoms. The van der Waals surface area contributed by atoms with Crippen LogP contribution in [0.1, 0.15) is 53.6 Å². The molecule has 1 aliphatic carbocycles. The number of nitrogens with zero attached hydrogens (tertiary/aromatic N) is 1. The minimum absolute atomic E-state index is 0.197. The monoisotopic (exact) mass is 590 g/mol. The molecule has 0 bridgehead atoms. The third-order valence-electron chi connectivity index (χ3n) is 5.66. The number of amides is 3. The Labute approximate surface area is 209 Å². The number of aromatic nitrogens is 1. The summed E-state index contributed by atoms with van der Waals surface area (Å²) in [6, 6.07) is 6.42. The average Bonchev–Trinajstić information content (AvgIpc) is 3.31. The molecule has 0 unspecified atom stereocenters. The fourth-order valence-electron chi connectivity index (χ4n) is 4.11. The molecule has 0 spiro atoms. The van der Waals surface area contributed by atoms with Gasteiger partial charge in [-0.05, 0) is 60.6 Å². The summed E-state index contributed by atoms with van der Waals surface area (Å²) in [6.45, 7) is 1.90. The summed E-state index contributed by atoms with van der Waals surface area (Å²) in [5.41, 5.74) is 9.27. The van der Waals surface area contributed by atoms with E-state index in [-0.39, 0.29) is 5.82 Å². The molecule has 1 aromatic heterocycles. The number of alkyl halides is 3. The summed E-state index contributed by atoms with van der Waals surface area (Å²) in [4.78, 5) is 36.1. The lowest BCUT2D eigenvalue weighted by molar-refractivity contribution is -0.167. The van der Waals surface area contributed by atoms with Crippen LogP contribution in [0.2, 0.25) is 0 Å². The van der Waals surface area contributed by atoms with Gasteiger partial charge in [-0.2, -0.15) is 13.2 Å². The third-order valence-corrected chi connectivity index (χ3v) is 5.91. The van der Waals surface area contributed by atoms with E-state index >= 15 is 0 Å². The van der Waals surface area contributed by atoms with Crippen LogP contribution >= 0.6 is 22.9 Å². The number of hydrogen-bond donors (Lipinski definition) is 3. The first-order valence-corrected chi connectivity index (χ1v) is 11.7. The zero-order valence-electron chi connectivity index (χ0n) is 18.5. The van der Waals surface area contributed by atoms with Crippen molar-refractivity contribution >= 4 is 46.9 Å². The van der Waals surface area contributed by atoms with Gasteiger partial charge in [0.05, 0.1) is 22.9 Å². The molecule has 1 fully saturated rings. The number of nitrogens with two attached hydrogens (primary N) is 1. The number of aryl methyl sites for hydroxylation is 1. The zero-order chi connectivity index (χ0) is 25.3. The highest BCUT2D eigenvalue weighted by molar-refractivity contribution is 14.1. The number of primary amides is 1. The largest absolute Gasteiger partial charge is 0.471 e. The highest BCUT2D eigenvalue weighted by Gasteiger charge is 2.38. The molecule has 1 aliphatic rings. The lowest BCUT2D eigenvalue weighted by Crippen LogP contribution is -2.30. The minimum atomic E-state index is -4.99. The van der Waals surface area contributed by atoms with E-state index in [0.717, 1.165) is 23.1 Å². The second-order valence-electron chi connectivity index (χ2n) is 7.95. The van der Waals surface area contributed by atoms with Crippen LogP contribution in [-0.2, 0) is 16.0 Å². The fraction of sp³-hybridized carbons (Fsp3) is 0.391. The van der Waals surface area contributed by atoms with Crippen molar-refractivity contribution in [1.29, 1.82) is 0 Å². The van der Waals surface area contributed by atoms with Crippen LogP contribution in [0.5, 0.6) is 0 Å². The minimum Gasteiger partial charge on any atom is -0.366 e. The topological polar surface area (TPSA) is 114 Å². The van der Waals surface area contributed by atoms with E-state index < -0.39 is 18.0 Å². The summed E-state index contributed by atoms with van der Waals surface area (Å²) in [5, 5.41) is 1.73. The summed E-state index contributed by atoms with van der Waals surface area (Å²) in [7, 11) is 0. The predicted molar refractivity (Wildman–Crippen MR) is 131 cm³/mol. The molecule has 0 radical (unpaired) electrons. The molecular weight excluding hydrogens is 564 g/mol. The van der Waals surface area contributed by atoms with E-state index in [9.17, 15) is 22.8 Å². The van der Waals surface area contributed by atoms with E-state index in [0.29, 0.717) is 29.9 Å². The first kappa shape index (κ1) is 27.5. The third kappa shape index (κ3) is 7.67.